The second-order valence-electron chi connectivity index (χ2n) is 8.74. The van der Waals surface area contributed by atoms with Crippen molar-refractivity contribution in [1.29, 1.82) is 0 Å². The van der Waals surface area contributed by atoms with Crippen molar-refractivity contribution < 1.29 is 24.2 Å². The maximum absolute atomic E-state index is 12.8. The number of ether oxygens (including phenoxy) is 1. The summed E-state index contributed by atoms with van der Waals surface area (Å²) in [7, 11) is 0. The molecule has 2 amide bonds. The molecule has 7 nitrogen and oxygen atoms in total. The van der Waals surface area contributed by atoms with Crippen LogP contribution in [0.1, 0.15) is 37.3 Å². The Hall–Kier alpha value is -3.00. The third kappa shape index (κ3) is 4.85. The second-order valence-corrected chi connectivity index (χ2v) is 9.74. The van der Waals surface area contributed by atoms with Crippen molar-refractivity contribution in [2.24, 2.45) is 5.92 Å². The van der Waals surface area contributed by atoms with Gasteiger partial charge in [-0.25, -0.2) is 9.59 Å². The number of rotatable bonds is 7. The van der Waals surface area contributed by atoms with Crippen LogP contribution in [-0.2, 0) is 14.3 Å². The third-order valence-corrected chi connectivity index (χ3v) is 7.35. The van der Waals surface area contributed by atoms with Crippen molar-refractivity contribution in [3.63, 3.8) is 0 Å². The van der Waals surface area contributed by atoms with Crippen molar-refractivity contribution in [2.45, 2.75) is 38.3 Å². The van der Waals surface area contributed by atoms with Crippen LogP contribution in [0.5, 0.6) is 0 Å². The lowest BCUT2D eigenvalue weighted by atomic mass is 9.98. The molecule has 1 fully saturated rings. The molecule has 0 saturated carbocycles. The van der Waals surface area contributed by atoms with E-state index in [0.717, 1.165) is 22.3 Å². The van der Waals surface area contributed by atoms with Crippen molar-refractivity contribution in [3.8, 4) is 11.1 Å². The van der Waals surface area contributed by atoms with Gasteiger partial charge in [-0.15, -0.1) is 11.8 Å². The molecule has 33 heavy (non-hydrogen) atoms. The molecule has 1 saturated heterocycles. The number of hydrogen-bond acceptors (Lipinski definition) is 5. The maximum atomic E-state index is 12.8. The number of benzene rings is 2. The molecule has 0 aromatic heterocycles. The molecule has 2 atom stereocenters. The number of carboxylic acid groups (broad SMARTS) is 1. The fourth-order valence-corrected chi connectivity index (χ4v) is 5.62. The summed E-state index contributed by atoms with van der Waals surface area (Å²) in [5.41, 5.74) is 4.58. The van der Waals surface area contributed by atoms with E-state index in [1.807, 2.05) is 38.1 Å². The number of carboxylic acids is 1. The van der Waals surface area contributed by atoms with Crippen LogP contribution in [0.2, 0.25) is 0 Å². The van der Waals surface area contributed by atoms with E-state index in [-0.39, 0.29) is 30.8 Å². The zero-order valence-electron chi connectivity index (χ0n) is 18.7. The number of nitrogens with zero attached hydrogens (tertiary/aromatic N) is 1. The highest BCUT2D eigenvalue weighted by Crippen LogP contribution is 2.44. The molecule has 2 aliphatic rings. The Morgan fingerprint density at radius 1 is 1.09 bits per heavy atom. The molecule has 8 heteroatoms. The van der Waals surface area contributed by atoms with E-state index in [1.165, 1.54) is 16.7 Å². The van der Waals surface area contributed by atoms with Gasteiger partial charge in [0.1, 0.15) is 12.6 Å². The summed E-state index contributed by atoms with van der Waals surface area (Å²) in [6.45, 7) is 4.02. The number of amides is 2. The number of aliphatic carboxylic acids is 1. The number of carbonyl (C=O) groups is 3. The average molecular weight is 469 g/mol. The fourth-order valence-electron chi connectivity index (χ4n) is 4.44. The van der Waals surface area contributed by atoms with Crippen molar-refractivity contribution in [2.75, 3.05) is 18.2 Å². The van der Waals surface area contributed by atoms with Gasteiger partial charge >= 0.3 is 12.1 Å². The van der Waals surface area contributed by atoms with Crippen LogP contribution in [0.3, 0.4) is 0 Å². The number of alkyl carbamates (subject to hydrolysis) is 1. The summed E-state index contributed by atoms with van der Waals surface area (Å²) in [5.74, 6) is -0.601. The molecule has 4 rings (SSSR count). The highest BCUT2D eigenvalue weighted by atomic mass is 32.2. The molecule has 174 valence electrons. The Balaban J connectivity index is 1.38. The van der Waals surface area contributed by atoms with Crippen molar-refractivity contribution in [3.05, 3.63) is 59.7 Å². The standard InChI is InChI=1S/C25H28N2O5S/c1-15(2)21(11-23(28)27-14-33-13-22(27)24(29)30)26-25(31)32-12-20-18-9-5-3-7-16(18)17-8-4-6-10-19(17)20/h3-10,15,20-22H,11-14H2,1-2H3,(H,26,31)(H,29,30)/t21-,22?/m1/s1. The highest BCUT2D eigenvalue weighted by Gasteiger charge is 2.36. The highest BCUT2D eigenvalue weighted by molar-refractivity contribution is 7.99. The first kappa shape index (κ1) is 23.2. The van der Waals surface area contributed by atoms with Crippen LogP contribution >= 0.6 is 11.8 Å². The average Bonchev–Trinajstić information content (AvgIpc) is 3.41. The minimum absolute atomic E-state index is 0.0204. The first-order valence-corrected chi connectivity index (χ1v) is 12.2. The smallest absolute Gasteiger partial charge is 0.407 e. The van der Waals surface area contributed by atoms with Gasteiger partial charge in [-0.3, -0.25) is 4.79 Å². The minimum Gasteiger partial charge on any atom is -0.480 e. The van der Waals surface area contributed by atoms with Gasteiger partial charge in [0.15, 0.2) is 0 Å². The molecule has 0 spiro atoms. The maximum Gasteiger partial charge on any atom is 0.407 e. The largest absolute Gasteiger partial charge is 0.480 e. The van der Waals surface area contributed by atoms with Crippen molar-refractivity contribution in [1.82, 2.24) is 10.2 Å². The minimum atomic E-state index is -1.00. The molecule has 1 heterocycles. The zero-order valence-corrected chi connectivity index (χ0v) is 19.5. The van der Waals surface area contributed by atoms with Gasteiger partial charge in [0, 0.05) is 24.1 Å². The Kier molecular flexibility index (Phi) is 6.93. The normalized spacial score (nSPS) is 18.0. The Morgan fingerprint density at radius 3 is 2.27 bits per heavy atom. The Bertz CT molecular complexity index is 1010. The first-order valence-electron chi connectivity index (χ1n) is 11.1. The van der Waals surface area contributed by atoms with Crippen molar-refractivity contribution >= 4 is 29.7 Å². The number of hydrogen-bond donors (Lipinski definition) is 2. The van der Waals surface area contributed by atoms with E-state index in [1.54, 1.807) is 0 Å². The van der Waals surface area contributed by atoms with Crippen LogP contribution in [0.25, 0.3) is 11.1 Å². The molecule has 1 aliphatic heterocycles. The van der Waals surface area contributed by atoms with Gasteiger partial charge in [-0.1, -0.05) is 62.4 Å². The first-order chi connectivity index (χ1) is 15.9. The van der Waals surface area contributed by atoms with E-state index < -0.39 is 24.1 Å². The molecule has 1 unspecified atom stereocenters. The summed E-state index contributed by atoms with van der Waals surface area (Å²) in [6, 6.07) is 15.0. The zero-order chi connectivity index (χ0) is 23.5. The van der Waals surface area contributed by atoms with Crippen LogP contribution in [0, 0.1) is 5.92 Å². The summed E-state index contributed by atoms with van der Waals surface area (Å²) in [6.07, 6.45) is -0.541. The molecule has 2 aromatic carbocycles. The monoisotopic (exact) mass is 468 g/mol. The number of fused-ring (bicyclic) bond motifs is 3. The number of carbonyl (C=O) groups excluding carboxylic acids is 2. The van der Waals surface area contributed by atoms with Crippen LogP contribution in [-0.4, -0.2) is 58.3 Å². The third-order valence-electron chi connectivity index (χ3n) is 6.33. The van der Waals surface area contributed by atoms with Gasteiger partial charge in [0.25, 0.3) is 0 Å². The number of thioether (sulfide) groups is 1. The van der Waals surface area contributed by atoms with Crippen LogP contribution in [0.15, 0.2) is 48.5 Å². The quantitative estimate of drug-likeness (QED) is 0.639. The van der Waals surface area contributed by atoms with Gasteiger partial charge < -0.3 is 20.1 Å². The van der Waals surface area contributed by atoms with E-state index in [0.29, 0.717) is 11.6 Å². The van der Waals surface area contributed by atoms with E-state index >= 15 is 0 Å². The van der Waals surface area contributed by atoms with Gasteiger partial charge in [0.05, 0.1) is 5.88 Å². The molecular weight excluding hydrogens is 440 g/mol. The molecule has 2 N–H and O–H groups in total. The van der Waals surface area contributed by atoms with Gasteiger partial charge in [0.2, 0.25) is 5.91 Å². The lowest BCUT2D eigenvalue weighted by Gasteiger charge is -2.26. The summed E-state index contributed by atoms with van der Waals surface area (Å²) < 4.78 is 5.61. The predicted molar refractivity (Wildman–Crippen MR) is 127 cm³/mol. The van der Waals surface area contributed by atoms with Gasteiger partial charge in [-0.2, -0.15) is 0 Å². The summed E-state index contributed by atoms with van der Waals surface area (Å²) >= 11 is 1.42. The molecular formula is C25H28N2O5S. The second kappa shape index (κ2) is 9.87. The predicted octanol–water partition coefficient (Wildman–Crippen LogP) is 3.93. The number of nitrogens with one attached hydrogen (secondary N) is 1. The van der Waals surface area contributed by atoms with Gasteiger partial charge in [-0.05, 0) is 28.2 Å². The molecule has 0 bridgehead atoms. The summed E-state index contributed by atoms with van der Waals surface area (Å²) in [4.78, 5) is 38.2. The SMILES string of the molecule is CC(C)[C@@H](CC(=O)N1CSCC1C(=O)O)NC(=O)OCC1c2ccccc2-c2ccccc21. The molecule has 2 aromatic rings. The topological polar surface area (TPSA) is 95.9 Å². The molecule has 1 aliphatic carbocycles. The summed E-state index contributed by atoms with van der Waals surface area (Å²) in [5, 5.41) is 12.2. The Morgan fingerprint density at radius 2 is 1.70 bits per heavy atom. The van der Waals surface area contributed by atoms with E-state index in [9.17, 15) is 19.5 Å². The van der Waals surface area contributed by atoms with Crippen LogP contribution in [0.4, 0.5) is 4.79 Å². The molecule has 0 radical (unpaired) electrons. The lowest BCUT2D eigenvalue weighted by molar-refractivity contribution is -0.148. The van der Waals surface area contributed by atoms with E-state index in [4.69, 9.17) is 4.74 Å². The Labute approximate surface area is 197 Å². The lowest BCUT2D eigenvalue weighted by Crippen LogP contribution is -2.47. The fraction of sp³-hybridized carbons (Fsp3) is 0.400. The van der Waals surface area contributed by atoms with E-state index in [2.05, 4.69) is 29.6 Å². The van der Waals surface area contributed by atoms with Crippen LogP contribution < -0.4 is 5.32 Å².